The third-order valence-electron chi connectivity index (χ3n) is 6.93. The van der Waals surface area contributed by atoms with Crippen molar-refractivity contribution in [2.45, 2.75) is 39.9 Å². The molecule has 8 nitrogen and oxygen atoms in total. The Balaban J connectivity index is 1.58. The quantitative estimate of drug-likeness (QED) is 0.0679. The Morgan fingerprint density at radius 1 is 0.521 bits per heavy atom. The predicted octanol–water partition coefficient (Wildman–Crippen LogP) is 9.96. The van der Waals surface area contributed by atoms with Crippen molar-refractivity contribution in [1.82, 2.24) is 0 Å². The molecule has 4 aromatic rings. The molecular weight excluding hydrogens is 749 g/mol. The van der Waals surface area contributed by atoms with Crippen molar-refractivity contribution in [1.29, 1.82) is 0 Å². The van der Waals surface area contributed by atoms with Crippen LogP contribution in [0.25, 0.3) is 0 Å². The summed E-state index contributed by atoms with van der Waals surface area (Å²) in [5.41, 5.74) is 2.28. The number of esters is 4. The van der Waals surface area contributed by atoms with Crippen LogP contribution in [0.3, 0.4) is 0 Å². The van der Waals surface area contributed by atoms with Crippen molar-refractivity contribution in [2.24, 2.45) is 0 Å². The van der Waals surface area contributed by atoms with E-state index >= 15 is 0 Å². The van der Waals surface area contributed by atoms with E-state index in [2.05, 4.69) is 0 Å². The number of carbonyl (C=O) groups excluding carboxylic acids is 4. The van der Waals surface area contributed by atoms with Crippen LogP contribution in [-0.4, -0.2) is 23.9 Å². The van der Waals surface area contributed by atoms with Crippen LogP contribution >= 0.6 is 69.6 Å². The molecule has 4 aromatic carbocycles. The third-order valence-corrected chi connectivity index (χ3v) is 9.07. The molecule has 0 bridgehead atoms. The molecule has 0 fully saturated rings. The van der Waals surface area contributed by atoms with E-state index in [1.165, 1.54) is 0 Å². The van der Waals surface area contributed by atoms with E-state index < -0.39 is 46.5 Å². The molecule has 0 aliphatic carbocycles. The summed E-state index contributed by atoms with van der Waals surface area (Å²) in [4.78, 5) is 52.5. The Morgan fingerprint density at radius 2 is 0.854 bits per heavy atom. The second-order valence-electron chi connectivity index (χ2n) is 9.89. The van der Waals surface area contributed by atoms with Gasteiger partial charge in [-0.25, -0.2) is 19.2 Å². The van der Waals surface area contributed by atoms with Crippen LogP contribution in [0.5, 0.6) is 11.5 Å². The molecular formula is C34H24Cl6O8. The molecule has 14 heteroatoms. The number of aryl methyl sites for hydroxylation is 2. The molecule has 0 aliphatic rings. The Kier molecular flexibility index (Phi) is 13.0. The lowest BCUT2D eigenvalue weighted by atomic mass is 10.1. The number of halogens is 6. The molecule has 0 atom stereocenters. The summed E-state index contributed by atoms with van der Waals surface area (Å²) in [6, 6.07) is 16.8. The second-order valence-corrected chi connectivity index (χ2v) is 12.3. The first-order valence-electron chi connectivity index (χ1n) is 14.1. The summed E-state index contributed by atoms with van der Waals surface area (Å²) in [6.07, 6.45) is 1.36. The topological polar surface area (TPSA) is 105 Å². The van der Waals surface area contributed by atoms with E-state index in [0.717, 1.165) is 34.4 Å². The first-order valence-corrected chi connectivity index (χ1v) is 16.4. The highest BCUT2D eigenvalue weighted by Gasteiger charge is 2.32. The van der Waals surface area contributed by atoms with E-state index in [1.807, 2.05) is 38.1 Å². The van der Waals surface area contributed by atoms with Crippen molar-refractivity contribution >= 4 is 93.5 Å². The zero-order chi connectivity index (χ0) is 35.1. The zero-order valence-electron chi connectivity index (χ0n) is 25.1. The molecule has 48 heavy (non-hydrogen) atoms. The van der Waals surface area contributed by atoms with Gasteiger partial charge in [0.1, 0.15) is 24.3 Å². The van der Waals surface area contributed by atoms with Gasteiger partial charge in [-0.15, -0.1) is 0 Å². The van der Waals surface area contributed by atoms with Gasteiger partial charge in [-0.05, 0) is 47.2 Å². The van der Waals surface area contributed by atoms with Gasteiger partial charge in [-0.2, -0.15) is 0 Å². The monoisotopic (exact) mass is 770 g/mol. The smallest absolute Gasteiger partial charge is 0.423 e. The Bertz CT molecular complexity index is 1770. The second kappa shape index (κ2) is 16.7. The molecule has 0 N–H and O–H groups in total. The van der Waals surface area contributed by atoms with Gasteiger partial charge in [0.05, 0.1) is 30.1 Å². The Labute approximate surface area is 305 Å². The standard InChI is InChI=1S/C34H24Cl6O8/c1-3-17-9-5-7-11-19(17)15-45-31(41)25-27(39)21(35)13-23(37)29(25)47-33(43)34(44)48-30-24(38)14-22(36)28(40)26(30)32(42)46-16-20-12-8-6-10-18(20)4-2/h5-14H,3-4,15-16H2,1-2H3. The molecule has 0 aromatic heterocycles. The maximum atomic E-state index is 13.2. The largest absolute Gasteiger partial charge is 0.457 e. The van der Waals surface area contributed by atoms with Crippen LogP contribution in [-0.2, 0) is 45.1 Å². The highest BCUT2D eigenvalue weighted by Crippen LogP contribution is 2.42. The summed E-state index contributed by atoms with van der Waals surface area (Å²) < 4.78 is 21.2. The highest BCUT2D eigenvalue weighted by atomic mass is 35.5. The molecule has 0 saturated heterocycles. The SMILES string of the molecule is CCc1ccccc1COC(=O)c1c(Cl)c(Cl)cc(Cl)c1OC(=O)C(=O)Oc1c(Cl)cc(Cl)c(Cl)c1C(=O)OCc1ccccc1CC. The van der Waals surface area contributed by atoms with Crippen LogP contribution in [0, 0.1) is 0 Å². The van der Waals surface area contributed by atoms with Gasteiger partial charge < -0.3 is 18.9 Å². The van der Waals surface area contributed by atoms with Crippen molar-refractivity contribution in [3.8, 4) is 11.5 Å². The Morgan fingerprint density at radius 3 is 1.19 bits per heavy atom. The van der Waals surface area contributed by atoms with Crippen molar-refractivity contribution in [3.63, 3.8) is 0 Å². The molecule has 0 saturated carbocycles. The average Bonchev–Trinajstić information content (AvgIpc) is 3.07. The number of benzene rings is 4. The molecule has 0 spiro atoms. The first-order chi connectivity index (χ1) is 22.9. The maximum Gasteiger partial charge on any atom is 0.423 e. The van der Waals surface area contributed by atoms with Gasteiger partial charge in [-0.3, -0.25) is 0 Å². The minimum Gasteiger partial charge on any atom is -0.457 e. The zero-order valence-corrected chi connectivity index (χ0v) is 29.7. The summed E-state index contributed by atoms with van der Waals surface area (Å²) in [7, 11) is 0. The van der Waals surface area contributed by atoms with E-state index in [-0.39, 0.29) is 43.3 Å². The molecule has 4 rings (SSSR count). The normalized spacial score (nSPS) is 10.8. The van der Waals surface area contributed by atoms with Crippen LogP contribution in [0.1, 0.15) is 56.8 Å². The Hall–Kier alpha value is -3.50. The summed E-state index contributed by atoms with van der Waals surface area (Å²) in [6.45, 7) is 3.57. The van der Waals surface area contributed by atoms with Crippen molar-refractivity contribution in [3.05, 3.63) is 124 Å². The fraction of sp³-hybridized carbons (Fsp3) is 0.176. The number of carbonyl (C=O) groups is 4. The lowest BCUT2D eigenvalue weighted by Crippen LogP contribution is -2.27. The van der Waals surface area contributed by atoms with Crippen LogP contribution in [0.4, 0.5) is 0 Å². The maximum absolute atomic E-state index is 13.2. The number of rotatable bonds is 10. The van der Waals surface area contributed by atoms with Crippen LogP contribution < -0.4 is 9.47 Å². The summed E-state index contributed by atoms with van der Waals surface area (Å²) in [5, 5.41) is -1.72. The van der Waals surface area contributed by atoms with Gasteiger partial charge in [0.25, 0.3) is 0 Å². The fourth-order valence-electron chi connectivity index (χ4n) is 4.51. The molecule has 0 aliphatic heterocycles. The minimum absolute atomic E-state index is 0.155. The first kappa shape index (κ1) is 37.3. The van der Waals surface area contributed by atoms with Gasteiger partial charge >= 0.3 is 23.9 Å². The number of hydrogen-bond donors (Lipinski definition) is 0. The predicted molar refractivity (Wildman–Crippen MR) is 184 cm³/mol. The van der Waals surface area contributed by atoms with Gasteiger partial charge in [-0.1, -0.05) is 132 Å². The van der Waals surface area contributed by atoms with E-state index in [9.17, 15) is 19.2 Å². The van der Waals surface area contributed by atoms with E-state index in [4.69, 9.17) is 88.6 Å². The minimum atomic E-state index is -1.68. The van der Waals surface area contributed by atoms with Gasteiger partial charge in [0, 0.05) is 0 Å². The lowest BCUT2D eigenvalue weighted by molar-refractivity contribution is -0.156. The molecule has 250 valence electrons. The van der Waals surface area contributed by atoms with Gasteiger partial charge in [0.15, 0.2) is 11.5 Å². The molecule has 0 amide bonds. The van der Waals surface area contributed by atoms with Crippen LogP contribution in [0.15, 0.2) is 60.7 Å². The molecule has 0 radical (unpaired) electrons. The summed E-state index contributed by atoms with van der Waals surface area (Å²) >= 11 is 37.4. The lowest BCUT2D eigenvalue weighted by Gasteiger charge is -2.16. The summed E-state index contributed by atoms with van der Waals surface area (Å²) in [5.74, 6) is -6.71. The number of ether oxygens (including phenoxy) is 4. The highest BCUT2D eigenvalue weighted by molar-refractivity contribution is 6.47. The van der Waals surface area contributed by atoms with Crippen molar-refractivity contribution < 1.29 is 38.1 Å². The van der Waals surface area contributed by atoms with E-state index in [1.54, 1.807) is 24.3 Å². The molecule has 0 unspecified atom stereocenters. The fourth-order valence-corrected chi connectivity index (χ4v) is 5.95. The van der Waals surface area contributed by atoms with Crippen molar-refractivity contribution in [2.75, 3.05) is 0 Å². The third kappa shape index (κ3) is 8.55. The van der Waals surface area contributed by atoms with Gasteiger partial charge in [0.2, 0.25) is 0 Å². The van der Waals surface area contributed by atoms with Crippen LogP contribution in [0.2, 0.25) is 30.1 Å². The average molecular weight is 773 g/mol. The van der Waals surface area contributed by atoms with E-state index in [0.29, 0.717) is 12.8 Å². The number of hydrogen-bond acceptors (Lipinski definition) is 8. The molecule has 0 heterocycles.